The summed E-state index contributed by atoms with van der Waals surface area (Å²) in [5.74, 6) is 0. The van der Waals surface area contributed by atoms with Crippen molar-refractivity contribution in [3.8, 4) is 0 Å². The first-order chi connectivity index (χ1) is 33.9. The average Bonchev–Trinajstić information content (AvgIpc) is 4.26. The molecular formula is C48H76As6K2O14. The Labute approximate surface area is 536 Å². The first-order valence-corrected chi connectivity index (χ1v) is 48.6. The van der Waals surface area contributed by atoms with Crippen molar-refractivity contribution in [2.45, 2.75) is 25.7 Å². The van der Waals surface area contributed by atoms with Gasteiger partial charge in [0.1, 0.15) is 0 Å². The van der Waals surface area contributed by atoms with Gasteiger partial charge in [0.2, 0.25) is 0 Å². The van der Waals surface area contributed by atoms with Crippen LogP contribution in [0.1, 0.15) is 31.2 Å². The summed E-state index contributed by atoms with van der Waals surface area (Å²) < 4.78 is 77.2. The van der Waals surface area contributed by atoms with Crippen LogP contribution in [0.5, 0.6) is 0 Å². The first kappa shape index (κ1) is 72.1. The Morgan fingerprint density at radius 3 is 0.971 bits per heavy atom. The van der Waals surface area contributed by atoms with Crippen molar-refractivity contribution in [3.05, 3.63) is 81.8 Å². The summed E-state index contributed by atoms with van der Waals surface area (Å²) in [7, 11) is 0. The number of benzene rings is 1. The summed E-state index contributed by atoms with van der Waals surface area (Å²) in [5, 5.41) is 2.53. The molecule has 0 atom stereocenters. The molecule has 4 fully saturated rings. The van der Waals surface area contributed by atoms with Gasteiger partial charge in [0, 0.05) is 26.4 Å². The molecule has 0 spiro atoms. The van der Waals surface area contributed by atoms with E-state index in [1.165, 1.54) is 36.8 Å². The summed E-state index contributed by atoms with van der Waals surface area (Å²) >= 11 is 4.20. The molecule has 14 nitrogen and oxygen atoms in total. The molecule has 7 aliphatic rings. The molecule has 6 aliphatic heterocycles. The number of rotatable bonds is 1. The summed E-state index contributed by atoms with van der Waals surface area (Å²) in [4.78, 5) is 2.53. The minimum absolute atomic E-state index is 0. The van der Waals surface area contributed by atoms with E-state index < -0.39 is 0 Å². The van der Waals surface area contributed by atoms with Gasteiger partial charge in [-0.1, -0.05) is 0 Å². The normalized spacial score (nSPS) is 23.6. The van der Waals surface area contributed by atoms with Crippen molar-refractivity contribution in [1.29, 1.82) is 0 Å². The predicted octanol–water partition coefficient (Wildman–Crippen LogP) is -3.54. The van der Waals surface area contributed by atoms with Gasteiger partial charge in [-0.05, 0) is 25.7 Å². The summed E-state index contributed by atoms with van der Waals surface area (Å²) in [5.41, 5.74) is 2.99. The van der Waals surface area contributed by atoms with Crippen LogP contribution in [0.15, 0.2) is 64.6 Å². The van der Waals surface area contributed by atoms with Gasteiger partial charge in [-0.25, -0.2) is 0 Å². The van der Waals surface area contributed by atoms with Gasteiger partial charge in [0.15, 0.2) is 0 Å². The third-order valence-electron chi connectivity index (χ3n) is 9.03. The van der Waals surface area contributed by atoms with Crippen LogP contribution in [0.3, 0.4) is 0 Å². The van der Waals surface area contributed by atoms with Gasteiger partial charge in [-0.2, -0.15) is 0 Å². The van der Waals surface area contributed by atoms with Crippen LogP contribution in [0.2, 0.25) is 0 Å². The Hall–Kier alpha value is 4.11. The molecule has 0 unspecified atom stereocenters. The van der Waals surface area contributed by atoms with Crippen molar-refractivity contribution in [3.63, 3.8) is 0 Å². The fourth-order valence-corrected chi connectivity index (χ4v) is 53.5. The predicted molar refractivity (Wildman–Crippen MR) is 275 cm³/mol. The van der Waals surface area contributed by atoms with E-state index in [4.69, 9.17) is 66.3 Å². The van der Waals surface area contributed by atoms with Crippen molar-refractivity contribution in [1.82, 2.24) is 0 Å². The standard InChI is InChI=1S/2C12H24O6.2C8H6As3.2C4H8O.2K/c2*1-2-14-5-6-16-9-10-18-12-11-17-8-7-15-4-3-13-1;2*1-2-4-7(5-3-1)8-6-9-11-10-8;2*1-2-4-5-3-1;;/h2*1-12H2;2*1-6H;2*1-4H2;;/q;;2*-1;;;2*+1. The van der Waals surface area contributed by atoms with E-state index in [2.05, 4.69) is 71.1 Å². The van der Waals surface area contributed by atoms with Crippen molar-refractivity contribution in [2.24, 2.45) is 0 Å². The van der Waals surface area contributed by atoms with Gasteiger partial charge >= 0.3 is 269 Å². The Morgan fingerprint density at radius 1 is 0.386 bits per heavy atom. The van der Waals surface area contributed by atoms with E-state index in [1.54, 1.807) is 8.66 Å². The molecule has 8 rings (SSSR count). The zero-order valence-corrected chi connectivity index (χ0v) is 59.5. The molecule has 0 N–H and O–H groups in total. The zero-order chi connectivity index (χ0) is 47.6. The molecule has 0 saturated carbocycles. The molecule has 22 heteroatoms. The third-order valence-corrected chi connectivity index (χ3v) is 49.1. The van der Waals surface area contributed by atoms with E-state index >= 15 is 0 Å². The second kappa shape index (κ2) is 59.2. The van der Waals surface area contributed by atoms with Gasteiger partial charge in [0.05, 0.1) is 159 Å². The minimum atomic E-state index is 0. The molecule has 1 aliphatic carbocycles. The molecule has 4 saturated heterocycles. The van der Waals surface area contributed by atoms with Crippen LogP contribution in [0.25, 0.3) is 0 Å². The number of hydrogen-bond acceptors (Lipinski definition) is 14. The molecule has 0 aromatic heterocycles. The maximum absolute atomic E-state index is 5.33. The van der Waals surface area contributed by atoms with Crippen LogP contribution >= 0.6 is 0 Å². The number of hydrogen-bond donors (Lipinski definition) is 0. The van der Waals surface area contributed by atoms with Crippen LogP contribution in [-0.4, -0.2) is 269 Å². The molecular weight excluding hydrogens is 1330 g/mol. The molecule has 1 aromatic rings. The fraction of sp³-hybridized carbons (Fsp3) is 0.667. The topological polar surface area (TPSA) is 129 Å². The van der Waals surface area contributed by atoms with Crippen LogP contribution in [0, 0.1) is 11.6 Å². The second-order valence-corrected chi connectivity index (χ2v) is 53.6. The van der Waals surface area contributed by atoms with Crippen LogP contribution < -0.4 is 103 Å². The molecule has 6 heterocycles. The quantitative estimate of drug-likeness (QED) is 0.204. The van der Waals surface area contributed by atoms with E-state index in [9.17, 15) is 0 Å². The summed E-state index contributed by atoms with van der Waals surface area (Å²) in [6, 6.07) is 10.9. The van der Waals surface area contributed by atoms with Crippen molar-refractivity contribution >= 4 is 84.0 Å². The Balaban J connectivity index is 0.000000439. The van der Waals surface area contributed by atoms with Gasteiger partial charge in [-0.15, -0.1) is 0 Å². The third kappa shape index (κ3) is 47.0. The monoisotopic (exact) mass is 1400 g/mol. The molecule has 384 valence electrons. The van der Waals surface area contributed by atoms with Crippen molar-refractivity contribution in [2.75, 3.05) is 185 Å². The summed E-state index contributed by atoms with van der Waals surface area (Å²) in [6.07, 6.45) is 16.0. The Bertz CT molecular complexity index is 1300. The average molecular weight is 1400 g/mol. The van der Waals surface area contributed by atoms with E-state index in [0.717, 1.165) is 48.6 Å². The second-order valence-electron chi connectivity index (χ2n) is 14.4. The summed E-state index contributed by atoms with van der Waals surface area (Å²) in [6.45, 7) is 18.1. The molecule has 70 heavy (non-hydrogen) atoms. The molecule has 1 aromatic carbocycles. The number of ether oxygens (including phenoxy) is 14. The van der Waals surface area contributed by atoms with E-state index in [0.29, 0.717) is 211 Å². The van der Waals surface area contributed by atoms with Crippen molar-refractivity contribution < 1.29 is 169 Å². The SMILES string of the molecule is C1=C[CH-]/C(=C2/C=[As][As]=[As]2)C=C1.C1CCOC1.C1CCOC1.C1COCCOCCOCCOCCOCCO1.C1COCCOCCOCCOCCOCCO1.[K+].[K+].c1ccc(C2=[As][As]=[As][CH-]2)cc1. The van der Waals surface area contributed by atoms with Gasteiger partial charge < -0.3 is 66.3 Å². The van der Waals surface area contributed by atoms with Gasteiger partial charge in [-0.3, -0.25) is 0 Å². The Morgan fingerprint density at radius 2 is 0.729 bits per heavy atom. The van der Waals surface area contributed by atoms with E-state index in [-0.39, 0.29) is 103 Å². The number of allylic oxidation sites excluding steroid dienone is 6. The first-order valence-electron chi connectivity index (χ1n) is 23.7. The van der Waals surface area contributed by atoms with Gasteiger partial charge in [0.25, 0.3) is 0 Å². The molecule has 0 radical (unpaired) electrons. The van der Waals surface area contributed by atoms with Crippen LogP contribution in [0.4, 0.5) is 0 Å². The van der Waals surface area contributed by atoms with Crippen LogP contribution in [-0.2, 0) is 66.3 Å². The molecule has 0 bridgehead atoms. The maximum atomic E-state index is 5.33. The van der Waals surface area contributed by atoms with E-state index in [1.807, 2.05) is 0 Å². The zero-order valence-electron chi connectivity index (χ0n) is 42.0. The fourth-order valence-electron chi connectivity index (χ4n) is 5.50. The Kier molecular flexibility index (Phi) is 61.0. The molecule has 0 amide bonds.